The second-order valence-corrected chi connectivity index (χ2v) is 6.75. The van der Waals surface area contributed by atoms with Gasteiger partial charge in [-0.1, -0.05) is 12.1 Å². The van der Waals surface area contributed by atoms with Crippen molar-refractivity contribution in [2.75, 3.05) is 31.1 Å². The number of aromatic nitrogens is 4. The average Bonchev–Trinajstić information content (AvgIpc) is 3.09. The van der Waals surface area contributed by atoms with E-state index in [0.29, 0.717) is 43.1 Å². The van der Waals surface area contributed by atoms with E-state index in [1.54, 1.807) is 36.2 Å². The molecular weight excluding hydrogens is 359 g/mol. The summed E-state index contributed by atoms with van der Waals surface area (Å²) in [5, 5.41) is 4.24. The molecule has 0 N–H and O–H groups in total. The Kier molecular flexibility index (Phi) is 4.77. The first kappa shape index (κ1) is 18.1. The van der Waals surface area contributed by atoms with Gasteiger partial charge in [-0.3, -0.25) is 4.79 Å². The number of halogens is 1. The summed E-state index contributed by atoms with van der Waals surface area (Å²) >= 11 is 0. The van der Waals surface area contributed by atoms with E-state index in [1.165, 1.54) is 16.9 Å². The third-order valence-electron chi connectivity index (χ3n) is 4.97. The Bertz CT molecular complexity index is 1010. The summed E-state index contributed by atoms with van der Waals surface area (Å²) in [6, 6.07) is 8.28. The lowest BCUT2D eigenvalue weighted by atomic mass is 10.2. The second-order valence-electron chi connectivity index (χ2n) is 6.75. The zero-order valence-corrected chi connectivity index (χ0v) is 15.8. The molecule has 0 atom stereocenters. The smallest absolute Gasteiger partial charge is 0.257 e. The topological polar surface area (TPSA) is 67.2 Å². The van der Waals surface area contributed by atoms with E-state index >= 15 is 0 Å². The molecule has 1 aliphatic heterocycles. The van der Waals surface area contributed by atoms with Crippen molar-refractivity contribution in [1.29, 1.82) is 0 Å². The number of nitrogens with zero attached hydrogens (tertiary/aromatic N) is 6. The number of aryl methyl sites for hydroxylation is 1. The van der Waals surface area contributed by atoms with Crippen LogP contribution in [0.1, 0.15) is 21.9 Å². The van der Waals surface area contributed by atoms with E-state index in [1.807, 2.05) is 13.0 Å². The van der Waals surface area contributed by atoms with E-state index in [2.05, 4.69) is 20.0 Å². The van der Waals surface area contributed by atoms with Crippen molar-refractivity contribution in [3.63, 3.8) is 0 Å². The van der Waals surface area contributed by atoms with Gasteiger partial charge < -0.3 is 9.80 Å². The number of hydrogen-bond acceptors (Lipinski definition) is 5. The van der Waals surface area contributed by atoms with Crippen LogP contribution in [0.4, 0.5) is 10.2 Å². The van der Waals surface area contributed by atoms with Gasteiger partial charge in [0.15, 0.2) is 0 Å². The zero-order valence-electron chi connectivity index (χ0n) is 15.8. The van der Waals surface area contributed by atoms with Crippen LogP contribution in [-0.4, -0.2) is 56.7 Å². The van der Waals surface area contributed by atoms with Gasteiger partial charge in [0.1, 0.15) is 23.1 Å². The number of amides is 1. The van der Waals surface area contributed by atoms with Crippen molar-refractivity contribution in [2.24, 2.45) is 0 Å². The van der Waals surface area contributed by atoms with E-state index in [-0.39, 0.29) is 11.7 Å². The SMILES string of the molecule is Cc1nccc(N2CCN(C(=O)c3cnn(-c4ccccc4F)c3C)CC2)n1. The van der Waals surface area contributed by atoms with Gasteiger partial charge in [0, 0.05) is 32.4 Å². The number of hydrogen-bond donors (Lipinski definition) is 0. The molecule has 0 bridgehead atoms. The Hall–Kier alpha value is -3.29. The van der Waals surface area contributed by atoms with Crippen molar-refractivity contribution in [3.05, 3.63) is 65.6 Å². The molecule has 0 radical (unpaired) electrons. The second kappa shape index (κ2) is 7.38. The van der Waals surface area contributed by atoms with E-state index in [4.69, 9.17) is 0 Å². The van der Waals surface area contributed by atoms with Crippen molar-refractivity contribution in [3.8, 4) is 5.69 Å². The molecule has 0 aliphatic carbocycles. The first-order valence-corrected chi connectivity index (χ1v) is 9.18. The minimum Gasteiger partial charge on any atom is -0.353 e. The Morgan fingerprint density at radius 2 is 1.82 bits per heavy atom. The van der Waals surface area contributed by atoms with Crippen LogP contribution < -0.4 is 4.90 Å². The van der Waals surface area contributed by atoms with Crippen LogP contribution in [-0.2, 0) is 0 Å². The number of piperazine rings is 1. The Morgan fingerprint density at radius 1 is 1.07 bits per heavy atom. The Morgan fingerprint density at radius 3 is 2.54 bits per heavy atom. The maximum Gasteiger partial charge on any atom is 0.257 e. The molecule has 3 heterocycles. The largest absolute Gasteiger partial charge is 0.353 e. The van der Waals surface area contributed by atoms with E-state index in [0.717, 1.165) is 11.6 Å². The van der Waals surface area contributed by atoms with Crippen molar-refractivity contribution < 1.29 is 9.18 Å². The van der Waals surface area contributed by atoms with Crippen LogP contribution in [0.15, 0.2) is 42.7 Å². The van der Waals surface area contributed by atoms with Gasteiger partial charge in [0.2, 0.25) is 0 Å². The molecule has 1 saturated heterocycles. The molecule has 1 aromatic carbocycles. The van der Waals surface area contributed by atoms with E-state index < -0.39 is 0 Å². The van der Waals surface area contributed by atoms with Gasteiger partial charge in [-0.15, -0.1) is 0 Å². The van der Waals surface area contributed by atoms with Gasteiger partial charge >= 0.3 is 0 Å². The van der Waals surface area contributed by atoms with Crippen LogP contribution in [0.25, 0.3) is 5.69 Å². The van der Waals surface area contributed by atoms with Crippen LogP contribution in [0, 0.1) is 19.7 Å². The van der Waals surface area contributed by atoms with Crippen LogP contribution >= 0.6 is 0 Å². The molecule has 3 aromatic rings. The molecular formula is C20H21FN6O. The maximum absolute atomic E-state index is 14.1. The lowest BCUT2D eigenvalue weighted by Crippen LogP contribution is -2.49. The molecule has 0 spiro atoms. The monoisotopic (exact) mass is 380 g/mol. The number of benzene rings is 1. The number of rotatable bonds is 3. The third-order valence-corrected chi connectivity index (χ3v) is 4.97. The lowest BCUT2D eigenvalue weighted by molar-refractivity contribution is 0.0745. The molecule has 4 rings (SSSR count). The maximum atomic E-state index is 14.1. The number of carbonyl (C=O) groups is 1. The van der Waals surface area contributed by atoms with Crippen LogP contribution in [0.5, 0.6) is 0 Å². The van der Waals surface area contributed by atoms with Crippen LogP contribution in [0.2, 0.25) is 0 Å². The molecule has 28 heavy (non-hydrogen) atoms. The molecule has 8 heteroatoms. The molecule has 2 aromatic heterocycles. The fourth-order valence-electron chi connectivity index (χ4n) is 3.41. The van der Waals surface area contributed by atoms with Crippen molar-refractivity contribution in [2.45, 2.75) is 13.8 Å². The predicted octanol–water partition coefficient (Wildman–Crippen LogP) is 2.38. The molecule has 144 valence electrons. The minimum atomic E-state index is -0.374. The molecule has 1 fully saturated rings. The van der Waals surface area contributed by atoms with Crippen LogP contribution in [0.3, 0.4) is 0 Å². The number of carbonyl (C=O) groups excluding carboxylic acids is 1. The van der Waals surface area contributed by atoms with E-state index in [9.17, 15) is 9.18 Å². The molecule has 1 amide bonds. The molecule has 1 aliphatic rings. The van der Waals surface area contributed by atoms with Crippen molar-refractivity contribution in [1.82, 2.24) is 24.6 Å². The Balaban J connectivity index is 1.48. The number of anilines is 1. The highest BCUT2D eigenvalue weighted by molar-refractivity contribution is 5.95. The van der Waals surface area contributed by atoms with Gasteiger partial charge in [-0.25, -0.2) is 19.0 Å². The average molecular weight is 380 g/mol. The van der Waals surface area contributed by atoms with Gasteiger partial charge in [-0.2, -0.15) is 5.10 Å². The quantitative estimate of drug-likeness (QED) is 0.698. The summed E-state index contributed by atoms with van der Waals surface area (Å²) in [6.07, 6.45) is 3.26. The molecule has 0 unspecified atom stereocenters. The summed E-state index contributed by atoms with van der Waals surface area (Å²) < 4.78 is 15.6. The summed E-state index contributed by atoms with van der Waals surface area (Å²) in [5.41, 5.74) is 1.46. The summed E-state index contributed by atoms with van der Waals surface area (Å²) in [6.45, 7) is 6.22. The van der Waals surface area contributed by atoms with Crippen molar-refractivity contribution >= 4 is 11.7 Å². The highest BCUT2D eigenvalue weighted by atomic mass is 19.1. The van der Waals surface area contributed by atoms with Gasteiger partial charge in [0.05, 0.1) is 17.5 Å². The fraction of sp³-hybridized carbons (Fsp3) is 0.300. The first-order valence-electron chi connectivity index (χ1n) is 9.18. The fourth-order valence-corrected chi connectivity index (χ4v) is 3.41. The Labute approximate surface area is 162 Å². The molecule has 7 nitrogen and oxygen atoms in total. The summed E-state index contributed by atoms with van der Waals surface area (Å²) in [7, 11) is 0. The number of para-hydroxylation sites is 1. The molecule has 0 saturated carbocycles. The predicted molar refractivity (Wildman–Crippen MR) is 103 cm³/mol. The zero-order chi connectivity index (χ0) is 19.7. The standard InChI is InChI=1S/C20H21FN6O/c1-14-16(13-23-27(14)18-6-4-3-5-17(18)21)20(28)26-11-9-25(10-12-26)19-7-8-22-15(2)24-19/h3-8,13H,9-12H2,1-2H3. The summed E-state index contributed by atoms with van der Waals surface area (Å²) in [4.78, 5) is 25.5. The minimum absolute atomic E-state index is 0.0846. The highest BCUT2D eigenvalue weighted by Crippen LogP contribution is 2.20. The lowest BCUT2D eigenvalue weighted by Gasteiger charge is -2.35. The first-order chi connectivity index (χ1) is 13.5. The van der Waals surface area contributed by atoms with Gasteiger partial charge in [0.25, 0.3) is 5.91 Å². The van der Waals surface area contributed by atoms with Gasteiger partial charge in [-0.05, 0) is 32.0 Å². The third kappa shape index (κ3) is 3.33. The normalized spacial score (nSPS) is 14.4. The summed E-state index contributed by atoms with van der Waals surface area (Å²) in [5.74, 6) is 1.15. The highest BCUT2D eigenvalue weighted by Gasteiger charge is 2.26.